The van der Waals surface area contributed by atoms with Gasteiger partial charge in [-0.25, -0.2) is 19.2 Å². The second-order valence-electron chi connectivity index (χ2n) is 4.68. The third-order valence-corrected chi connectivity index (χ3v) is 1.76. The molecule has 0 saturated heterocycles. The highest BCUT2D eigenvalue weighted by atomic mass is 19.1. The minimum absolute atomic E-state index is 0.260. The van der Waals surface area contributed by atoms with Gasteiger partial charge < -0.3 is 10.1 Å². The molecule has 0 fully saturated rings. The number of amides is 1. The summed E-state index contributed by atoms with van der Waals surface area (Å²) in [6.07, 6.45) is 0.879. The standard InChI is InChI=1S/C11H16FN3O2/c1-7(9-13-5-8(12)6-14-9)17-10(16)15-11(2,3)4/h5-7H,1-4H3,(H,15,16). The number of aromatic nitrogens is 2. The van der Waals surface area contributed by atoms with Crippen molar-refractivity contribution >= 4 is 6.09 Å². The molecular formula is C11H16FN3O2. The van der Waals surface area contributed by atoms with Crippen molar-refractivity contribution < 1.29 is 13.9 Å². The molecule has 0 aliphatic rings. The van der Waals surface area contributed by atoms with Crippen LogP contribution in [0.1, 0.15) is 39.6 Å². The fourth-order valence-electron chi connectivity index (χ4n) is 1.08. The lowest BCUT2D eigenvalue weighted by Gasteiger charge is -2.21. The molecule has 0 aromatic carbocycles. The molecule has 0 radical (unpaired) electrons. The molecule has 1 rings (SSSR count). The normalized spacial score (nSPS) is 13.0. The Morgan fingerprint density at radius 1 is 1.41 bits per heavy atom. The molecule has 5 nitrogen and oxygen atoms in total. The molecule has 1 amide bonds. The first-order valence-electron chi connectivity index (χ1n) is 5.24. The molecule has 1 N–H and O–H groups in total. The van der Waals surface area contributed by atoms with Crippen molar-refractivity contribution in [3.63, 3.8) is 0 Å². The van der Waals surface area contributed by atoms with E-state index in [1.807, 2.05) is 20.8 Å². The van der Waals surface area contributed by atoms with Crippen LogP contribution in [0.4, 0.5) is 9.18 Å². The van der Waals surface area contributed by atoms with E-state index in [0.29, 0.717) is 0 Å². The molecule has 1 aromatic rings. The number of hydrogen-bond acceptors (Lipinski definition) is 4. The predicted octanol–water partition coefficient (Wildman–Crippen LogP) is 2.20. The highest BCUT2D eigenvalue weighted by molar-refractivity contribution is 5.68. The number of carbonyl (C=O) groups excluding carboxylic acids is 1. The molecule has 0 aliphatic carbocycles. The first-order chi connectivity index (χ1) is 7.78. The van der Waals surface area contributed by atoms with E-state index in [9.17, 15) is 9.18 Å². The summed E-state index contributed by atoms with van der Waals surface area (Å²) in [7, 11) is 0. The maximum atomic E-state index is 12.6. The largest absolute Gasteiger partial charge is 0.438 e. The Kier molecular flexibility index (Phi) is 3.98. The van der Waals surface area contributed by atoms with Crippen LogP contribution < -0.4 is 5.32 Å². The van der Waals surface area contributed by atoms with Crippen molar-refractivity contribution in [3.8, 4) is 0 Å². The summed E-state index contributed by atoms with van der Waals surface area (Å²) in [6.45, 7) is 7.14. The summed E-state index contributed by atoms with van der Waals surface area (Å²) in [5.74, 6) is -0.268. The minimum atomic E-state index is -0.627. The average molecular weight is 241 g/mol. The molecule has 0 bridgehead atoms. The van der Waals surface area contributed by atoms with Gasteiger partial charge in [-0.2, -0.15) is 0 Å². The van der Waals surface area contributed by atoms with Gasteiger partial charge in [0.1, 0.15) is 0 Å². The number of ether oxygens (including phenoxy) is 1. The summed E-state index contributed by atoms with van der Waals surface area (Å²) in [5.41, 5.74) is -0.375. The molecular weight excluding hydrogens is 225 g/mol. The van der Waals surface area contributed by atoms with E-state index in [0.717, 1.165) is 12.4 Å². The zero-order valence-electron chi connectivity index (χ0n) is 10.3. The van der Waals surface area contributed by atoms with Gasteiger partial charge in [-0.3, -0.25) is 0 Å². The van der Waals surface area contributed by atoms with Crippen molar-refractivity contribution in [1.29, 1.82) is 0 Å². The van der Waals surface area contributed by atoms with Crippen molar-refractivity contribution in [2.45, 2.75) is 39.3 Å². The van der Waals surface area contributed by atoms with Gasteiger partial charge in [-0.15, -0.1) is 0 Å². The fourth-order valence-corrected chi connectivity index (χ4v) is 1.08. The number of halogens is 1. The molecule has 6 heteroatoms. The van der Waals surface area contributed by atoms with E-state index in [4.69, 9.17) is 4.74 Å². The smallest absolute Gasteiger partial charge is 0.408 e. The van der Waals surface area contributed by atoms with Crippen LogP contribution in [0.15, 0.2) is 12.4 Å². The predicted molar refractivity (Wildman–Crippen MR) is 59.8 cm³/mol. The van der Waals surface area contributed by atoms with E-state index >= 15 is 0 Å². The van der Waals surface area contributed by atoms with Gasteiger partial charge >= 0.3 is 6.09 Å². The first-order valence-corrected chi connectivity index (χ1v) is 5.24. The second-order valence-corrected chi connectivity index (χ2v) is 4.68. The van der Waals surface area contributed by atoms with E-state index in [-0.39, 0.29) is 11.4 Å². The molecule has 1 heterocycles. The summed E-state index contributed by atoms with van der Waals surface area (Å²) in [4.78, 5) is 18.9. The van der Waals surface area contributed by atoms with Crippen LogP contribution in [-0.2, 0) is 4.74 Å². The Bertz CT molecular complexity index is 387. The minimum Gasteiger partial charge on any atom is -0.438 e. The third kappa shape index (κ3) is 4.76. The lowest BCUT2D eigenvalue weighted by atomic mass is 10.1. The summed E-state index contributed by atoms with van der Waals surface area (Å²) in [5, 5.41) is 2.64. The molecule has 0 saturated carbocycles. The topological polar surface area (TPSA) is 64.1 Å². The SMILES string of the molecule is CC(OC(=O)NC(C)(C)C)c1ncc(F)cn1. The quantitative estimate of drug-likeness (QED) is 0.862. The first kappa shape index (κ1) is 13.3. The summed E-state index contributed by atoms with van der Waals surface area (Å²) >= 11 is 0. The third-order valence-electron chi connectivity index (χ3n) is 1.76. The zero-order chi connectivity index (χ0) is 13.1. The van der Waals surface area contributed by atoms with Crippen LogP contribution in [0.3, 0.4) is 0 Å². The van der Waals surface area contributed by atoms with Crippen molar-refractivity contribution in [3.05, 3.63) is 24.0 Å². The van der Waals surface area contributed by atoms with Crippen molar-refractivity contribution in [2.75, 3.05) is 0 Å². The summed E-state index contributed by atoms with van der Waals surface area (Å²) in [6, 6.07) is 0. The van der Waals surface area contributed by atoms with Crippen LogP contribution in [-0.4, -0.2) is 21.6 Å². The zero-order valence-corrected chi connectivity index (χ0v) is 10.3. The average Bonchev–Trinajstić information content (AvgIpc) is 2.15. The number of rotatable bonds is 2. The van der Waals surface area contributed by atoms with Crippen molar-refractivity contribution in [1.82, 2.24) is 15.3 Å². The Balaban J connectivity index is 2.57. The number of nitrogens with zero attached hydrogens (tertiary/aromatic N) is 2. The maximum Gasteiger partial charge on any atom is 0.408 e. The lowest BCUT2D eigenvalue weighted by molar-refractivity contribution is 0.0957. The van der Waals surface area contributed by atoms with Gasteiger partial charge in [-0.1, -0.05) is 0 Å². The van der Waals surface area contributed by atoms with Crippen LogP contribution in [0.25, 0.3) is 0 Å². The molecule has 1 atom stereocenters. The lowest BCUT2D eigenvalue weighted by Crippen LogP contribution is -2.41. The van der Waals surface area contributed by atoms with Gasteiger partial charge in [0, 0.05) is 5.54 Å². The number of alkyl carbamates (subject to hydrolysis) is 1. The van der Waals surface area contributed by atoms with Gasteiger partial charge in [-0.05, 0) is 27.7 Å². The van der Waals surface area contributed by atoms with Crippen LogP contribution in [0, 0.1) is 5.82 Å². The number of carbonyl (C=O) groups is 1. The fraction of sp³-hybridized carbons (Fsp3) is 0.545. The number of nitrogens with one attached hydrogen (secondary N) is 1. The second kappa shape index (κ2) is 5.07. The highest BCUT2D eigenvalue weighted by Crippen LogP contribution is 2.12. The van der Waals surface area contributed by atoms with Crippen LogP contribution in [0.5, 0.6) is 0 Å². The molecule has 1 aromatic heterocycles. The monoisotopic (exact) mass is 241 g/mol. The van der Waals surface area contributed by atoms with E-state index < -0.39 is 18.0 Å². The molecule has 0 aliphatic heterocycles. The van der Waals surface area contributed by atoms with Gasteiger partial charge in [0.25, 0.3) is 0 Å². The molecule has 0 spiro atoms. The van der Waals surface area contributed by atoms with E-state index in [1.165, 1.54) is 0 Å². The molecule has 1 unspecified atom stereocenters. The van der Waals surface area contributed by atoms with Gasteiger partial charge in [0.2, 0.25) is 0 Å². The Morgan fingerprint density at radius 3 is 2.41 bits per heavy atom. The van der Waals surface area contributed by atoms with Crippen molar-refractivity contribution in [2.24, 2.45) is 0 Å². The summed E-state index contributed by atoms with van der Waals surface area (Å²) < 4.78 is 17.6. The van der Waals surface area contributed by atoms with Gasteiger partial charge in [0.15, 0.2) is 17.7 Å². The maximum absolute atomic E-state index is 12.6. The molecule has 94 valence electrons. The highest BCUT2D eigenvalue weighted by Gasteiger charge is 2.19. The molecule has 17 heavy (non-hydrogen) atoms. The Hall–Kier alpha value is -1.72. The Morgan fingerprint density at radius 2 is 1.94 bits per heavy atom. The Labute approximate surface area is 99.4 Å². The van der Waals surface area contributed by atoms with E-state index in [2.05, 4.69) is 15.3 Å². The van der Waals surface area contributed by atoms with Gasteiger partial charge in [0.05, 0.1) is 12.4 Å². The van der Waals surface area contributed by atoms with Crippen LogP contribution in [0.2, 0.25) is 0 Å². The van der Waals surface area contributed by atoms with E-state index in [1.54, 1.807) is 6.92 Å². The van der Waals surface area contributed by atoms with Crippen LogP contribution >= 0.6 is 0 Å². The number of hydrogen-bond donors (Lipinski definition) is 1.